The molecule has 0 aliphatic rings. The van der Waals surface area contributed by atoms with E-state index in [1.54, 1.807) is 29.3 Å². The molecule has 3 rings (SSSR count). The molecule has 0 saturated heterocycles. The summed E-state index contributed by atoms with van der Waals surface area (Å²) in [4.78, 5) is 6.56. The van der Waals surface area contributed by atoms with Gasteiger partial charge in [-0.05, 0) is 36.5 Å². The molecule has 1 aromatic carbocycles. The van der Waals surface area contributed by atoms with Gasteiger partial charge in [-0.15, -0.1) is 11.3 Å². The molecule has 0 radical (unpaired) electrons. The van der Waals surface area contributed by atoms with Crippen molar-refractivity contribution in [1.29, 1.82) is 0 Å². The van der Waals surface area contributed by atoms with E-state index >= 15 is 0 Å². The summed E-state index contributed by atoms with van der Waals surface area (Å²) in [6.45, 7) is 0. The number of rotatable bonds is 4. The Bertz CT molecular complexity index is 837. The molecule has 0 atom stereocenters. The molecule has 112 valence electrons. The molecule has 3 N–H and O–H groups in total. The third-order valence-electron chi connectivity index (χ3n) is 2.66. The van der Waals surface area contributed by atoms with E-state index in [4.69, 9.17) is 29.6 Å². The van der Waals surface area contributed by atoms with Crippen molar-refractivity contribution in [2.45, 2.75) is 9.92 Å². The zero-order valence-electron chi connectivity index (χ0n) is 11.1. The highest BCUT2D eigenvalue weighted by molar-refractivity contribution is 7.99. The van der Waals surface area contributed by atoms with Crippen molar-refractivity contribution >= 4 is 63.2 Å². The van der Waals surface area contributed by atoms with Crippen LogP contribution in [0.5, 0.6) is 0 Å². The van der Waals surface area contributed by atoms with Gasteiger partial charge < -0.3 is 5.73 Å². The number of aromatic nitrogens is 2. The van der Waals surface area contributed by atoms with Crippen molar-refractivity contribution in [3.05, 3.63) is 46.6 Å². The first-order chi connectivity index (χ1) is 10.6. The number of hydrogen-bond donors (Lipinski definition) is 2. The number of hydrazone groups is 1. The van der Waals surface area contributed by atoms with E-state index in [0.29, 0.717) is 5.02 Å². The quantitative estimate of drug-likeness (QED) is 0.420. The minimum Gasteiger partial charge on any atom is -0.375 e. The van der Waals surface area contributed by atoms with Gasteiger partial charge in [-0.1, -0.05) is 23.4 Å². The molecule has 2 heterocycles. The minimum atomic E-state index is 0.120. The molecule has 9 heteroatoms. The Balaban J connectivity index is 1.94. The number of nitrogens with one attached hydrogen (secondary N) is 1. The van der Waals surface area contributed by atoms with Crippen molar-refractivity contribution in [3.8, 4) is 0 Å². The summed E-state index contributed by atoms with van der Waals surface area (Å²) in [6.07, 6.45) is 3.60. The average molecular weight is 368 g/mol. The Morgan fingerprint density at radius 2 is 2.23 bits per heavy atom. The molecule has 5 nitrogen and oxygen atoms in total. The summed E-state index contributed by atoms with van der Waals surface area (Å²) >= 11 is 13.7. The molecular weight excluding hydrogens is 358 g/mol. The summed E-state index contributed by atoms with van der Waals surface area (Å²) in [6, 6.07) is 7.61. The highest BCUT2D eigenvalue weighted by Crippen LogP contribution is 2.31. The first-order valence-corrected chi connectivity index (χ1v) is 8.59. The first-order valence-electron chi connectivity index (χ1n) is 6.11. The van der Waals surface area contributed by atoms with Gasteiger partial charge in [0.15, 0.2) is 10.1 Å². The molecule has 0 unspecified atom stereocenters. The standard InChI is InChI=1S/C13H10ClN5S3/c14-8-1-3-9(4-2-8)22-11-10(7-16-18-12(15)20)19-5-6-21-13(19)17-11/h1-7H,(H3,15,18,20)/b16-7-. The predicted octanol–water partition coefficient (Wildman–Crippen LogP) is 3.37. The van der Waals surface area contributed by atoms with Crippen LogP contribution in [0.15, 0.2) is 50.9 Å². The van der Waals surface area contributed by atoms with Gasteiger partial charge in [0.2, 0.25) is 0 Å². The van der Waals surface area contributed by atoms with Gasteiger partial charge in [0.25, 0.3) is 0 Å². The summed E-state index contributed by atoms with van der Waals surface area (Å²) in [5, 5.41) is 7.67. The number of imidazole rings is 1. The van der Waals surface area contributed by atoms with Crippen LogP contribution in [0.3, 0.4) is 0 Å². The molecular formula is C13H10ClN5S3. The zero-order chi connectivity index (χ0) is 15.5. The van der Waals surface area contributed by atoms with Crippen LogP contribution < -0.4 is 11.2 Å². The fraction of sp³-hybridized carbons (Fsp3) is 0. The minimum absolute atomic E-state index is 0.120. The molecule has 2 aromatic heterocycles. The summed E-state index contributed by atoms with van der Waals surface area (Å²) in [5.41, 5.74) is 8.78. The van der Waals surface area contributed by atoms with Crippen LogP contribution in [0.1, 0.15) is 5.69 Å². The molecule has 0 aliphatic carbocycles. The largest absolute Gasteiger partial charge is 0.375 e. The third-order valence-corrected chi connectivity index (χ3v) is 4.76. The van der Waals surface area contributed by atoms with Crippen molar-refractivity contribution < 1.29 is 0 Å². The topological polar surface area (TPSA) is 67.7 Å². The second kappa shape index (κ2) is 6.66. The van der Waals surface area contributed by atoms with E-state index in [0.717, 1.165) is 20.6 Å². The van der Waals surface area contributed by atoms with Crippen LogP contribution >= 0.6 is 46.9 Å². The van der Waals surface area contributed by atoms with Crippen LogP contribution in [0.25, 0.3) is 4.96 Å². The maximum absolute atomic E-state index is 5.91. The van der Waals surface area contributed by atoms with Gasteiger partial charge in [-0.2, -0.15) is 5.10 Å². The molecule has 0 amide bonds. The fourth-order valence-electron chi connectivity index (χ4n) is 1.75. The highest BCUT2D eigenvalue weighted by Gasteiger charge is 2.13. The molecule has 0 spiro atoms. The molecule has 0 saturated carbocycles. The van der Waals surface area contributed by atoms with Crippen LogP contribution in [0.2, 0.25) is 5.02 Å². The van der Waals surface area contributed by atoms with Gasteiger partial charge in [0, 0.05) is 21.5 Å². The Morgan fingerprint density at radius 1 is 1.45 bits per heavy atom. The maximum Gasteiger partial charge on any atom is 0.195 e. The fourth-order valence-corrected chi connectivity index (χ4v) is 3.59. The van der Waals surface area contributed by atoms with E-state index in [1.165, 1.54) is 0 Å². The van der Waals surface area contributed by atoms with Crippen LogP contribution in [-0.2, 0) is 0 Å². The van der Waals surface area contributed by atoms with Gasteiger partial charge in [0.05, 0.1) is 6.21 Å². The zero-order valence-corrected chi connectivity index (χ0v) is 14.3. The van der Waals surface area contributed by atoms with Gasteiger partial charge in [-0.25, -0.2) is 4.98 Å². The average Bonchev–Trinajstić information content (AvgIpc) is 3.04. The molecule has 0 bridgehead atoms. The van der Waals surface area contributed by atoms with Crippen LogP contribution in [0, 0.1) is 0 Å². The van der Waals surface area contributed by atoms with E-state index in [2.05, 4.69) is 15.5 Å². The van der Waals surface area contributed by atoms with E-state index in [1.807, 2.05) is 40.2 Å². The van der Waals surface area contributed by atoms with Gasteiger partial charge in [-0.3, -0.25) is 9.83 Å². The lowest BCUT2D eigenvalue weighted by Crippen LogP contribution is -2.24. The number of thiazole rings is 1. The highest BCUT2D eigenvalue weighted by atomic mass is 35.5. The normalized spacial score (nSPS) is 11.3. The van der Waals surface area contributed by atoms with Gasteiger partial charge in [0.1, 0.15) is 10.7 Å². The first kappa shape index (κ1) is 15.3. The molecule has 22 heavy (non-hydrogen) atoms. The number of nitrogens with zero attached hydrogens (tertiary/aromatic N) is 3. The van der Waals surface area contributed by atoms with Crippen molar-refractivity contribution in [1.82, 2.24) is 14.8 Å². The molecule has 0 fully saturated rings. The van der Waals surface area contributed by atoms with Crippen LogP contribution in [0.4, 0.5) is 0 Å². The summed E-state index contributed by atoms with van der Waals surface area (Å²) in [7, 11) is 0. The number of hydrogen-bond acceptors (Lipinski definition) is 5. The summed E-state index contributed by atoms with van der Waals surface area (Å²) < 4.78 is 1.97. The lowest BCUT2D eigenvalue weighted by Gasteiger charge is -2.00. The van der Waals surface area contributed by atoms with E-state index in [9.17, 15) is 0 Å². The second-order valence-electron chi connectivity index (χ2n) is 4.15. The smallest absolute Gasteiger partial charge is 0.195 e. The monoisotopic (exact) mass is 367 g/mol. The van der Waals surface area contributed by atoms with Crippen molar-refractivity contribution in [2.75, 3.05) is 0 Å². The Hall–Kier alpha value is -1.61. The number of fused-ring (bicyclic) bond motifs is 1. The lowest BCUT2D eigenvalue weighted by molar-refractivity contribution is 1.03. The van der Waals surface area contributed by atoms with Crippen molar-refractivity contribution in [3.63, 3.8) is 0 Å². The number of halogens is 1. The molecule has 0 aliphatic heterocycles. The Kier molecular flexibility index (Phi) is 4.63. The Labute approximate surface area is 145 Å². The van der Waals surface area contributed by atoms with E-state index in [-0.39, 0.29) is 5.11 Å². The second-order valence-corrected chi connectivity index (χ2v) is 6.96. The Morgan fingerprint density at radius 3 is 2.95 bits per heavy atom. The van der Waals surface area contributed by atoms with Crippen molar-refractivity contribution in [2.24, 2.45) is 10.8 Å². The van der Waals surface area contributed by atoms with Crippen LogP contribution in [-0.4, -0.2) is 20.7 Å². The number of benzene rings is 1. The maximum atomic E-state index is 5.91. The summed E-state index contributed by atoms with van der Waals surface area (Å²) in [5.74, 6) is 0. The van der Waals surface area contributed by atoms with E-state index < -0.39 is 0 Å². The predicted molar refractivity (Wildman–Crippen MR) is 96.2 cm³/mol. The van der Waals surface area contributed by atoms with Gasteiger partial charge >= 0.3 is 0 Å². The lowest BCUT2D eigenvalue weighted by atomic mass is 10.4. The SMILES string of the molecule is NC(=S)N/N=C\c1c(Sc2ccc(Cl)cc2)nc2sccn12. The molecule has 3 aromatic rings. The number of nitrogens with two attached hydrogens (primary N) is 1. The number of thiocarbonyl (C=S) groups is 1. The third kappa shape index (κ3) is 3.41.